The van der Waals surface area contributed by atoms with Gasteiger partial charge in [-0.2, -0.15) is 0 Å². The van der Waals surface area contributed by atoms with E-state index in [0.29, 0.717) is 0 Å². The van der Waals surface area contributed by atoms with Gasteiger partial charge < -0.3 is 59.2 Å². The van der Waals surface area contributed by atoms with Gasteiger partial charge in [0.15, 0.2) is 51.5 Å². The van der Waals surface area contributed by atoms with Crippen LogP contribution >= 0.6 is 0 Å². The number of benzene rings is 4. The maximum atomic E-state index is 14.8. The number of carboxylic acids is 2. The number of carbonyl (C=O) groups excluding carboxylic acids is 2. The Labute approximate surface area is 327 Å². The molecule has 6 aromatic rings. The number of rotatable bonds is 6. The van der Waals surface area contributed by atoms with Crippen molar-refractivity contribution in [2.24, 2.45) is 5.92 Å². The second-order valence-electron chi connectivity index (χ2n) is 14.0. The third-order valence-corrected chi connectivity index (χ3v) is 10.7. The van der Waals surface area contributed by atoms with Crippen LogP contribution in [0.25, 0.3) is 33.3 Å². The van der Waals surface area contributed by atoms with E-state index in [0.717, 1.165) is 37.3 Å². The number of hydrogen-bond acceptors (Lipinski definition) is 16. The average Bonchev–Trinajstić information content (AvgIpc) is 3.15. The summed E-state index contributed by atoms with van der Waals surface area (Å²) in [5.74, 6) is -12.7. The fraction of sp³-hybridized carbons (Fsp3) is 0.171. The second-order valence-corrected chi connectivity index (χ2v) is 14.0. The summed E-state index contributed by atoms with van der Waals surface area (Å²) in [6.45, 7) is 3.55. The molecule has 4 aromatic carbocycles. The zero-order valence-corrected chi connectivity index (χ0v) is 30.6. The van der Waals surface area contributed by atoms with Gasteiger partial charge in [-0.05, 0) is 50.5 Å². The number of aromatic hydroxyl groups is 6. The third-order valence-electron chi connectivity index (χ3n) is 10.7. The SMILES string of the molecule is CC(=O)c1c(C)c(C2Oc3cc(O)c(O)c(C(=O)O)c3C(=O)C2Cc2c(C)oc3c(c2=O)COc2cc(O)c(O)cc2-3)cc2c(=O)c3c(C(=O)O)c(O)c(O)cc3oc12. The monoisotopic (exact) mass is 808 g/mol. The zero-order chi connectivity index (χ0) is 42.7. The number of aryl methyl sites for hydroxylation is 1. The van der Waals surface area contributed by atoms with E-state index in [1.54, 1.807) is 0 Å². The van der Waals surface area contributed by atoms with Crippen molar-refractivity contribution in [3.63, 3.8) is 0 Å². The van der Waals surface area contributed by atoms with E-state index in [2.05, 4.69) is 0 Å². The number of Topliss-reactive ketones (excluding diaryl/α,β-unsaturated/α-hetero) is 2. The highest BCUT2D eigenvalue weighted by Crippen LogP contribution is 2.49. The third kappa shape index (κ3) is 5.47. The molecule has 0 radical (unpaired) electrons. The Kier molecular flexibility index (Phi) is 8.36. The van der Waals surface area contributed by atoms with Crippen molar-refractivity contribution in [2.45, 2.75) is 39.9 Å². The van der Waals surface area contributed by atoms with Crippen molar-refractivity contribution in [3.8, 4) is 57.3 Å². The molecule has 0 spiro atoms. The predicted molar refractivity (Wildman–Crippen MR) is 199 cm³/mol. The van der Waals surface area contributed by atoms with E-state index < -0.39 is 126 Å². The van der Waals surface area contributed by atoms with Crippen molar-refractivity contribution in [2.75, 3.05) is 0 Å². The van der Waals surface area contributed by atoms with Crippen molar-refractivity contribution in [3.05, 3.63) is 101 Å². The van der Waals surface area contributed by atoms with E-state index in [1.165, 1.54) is 13.8 Å². The fourth-order valence-corrected chi connectivity index (χ4v) is 7.90. The maximum Gasteiger partial charge on any atom is 0.340 e. The predicted octanol–water partition coefficient (Wildman–Crippen LogP) is 5.08. The first kappa shape index (κ1) is 37.9. The van der Waals surface area contributed by atoms with Crippen molar-refractivity contribution >= 4 is 45.4 Å². The molecule has 4 heterocycles. The normalized spacial score (nSPS) is 15.5. The van der Waals surface area contributed by atoms with Gasteiger partial charge >= 0.3 is 11.9 Å². The van der Waals surface area contributed by atoms with Gasteiger partial charge in [0.2, 0.25) is 5.43 Å². The lowest BCUT2D eigenvalue weighted by Crippen LogP contribution is -2.37. The van der Waals surface area contributed by atoms with E-state index in [4.69, 9.17) is 18.3 Å². The van der Waals surface area contributed by atoms with Gasteiger partial charge in [0, 0.05) is 23.8 Å². The fourth-order valence-electron chi connectivity index (χ4n) is 7.90. The summed E-state index contributed by atoms with van der Waals surface area (Å²) >= 11 is 0. The van der Waals surface area contributed by atoms with Crippen LogP contribution in [-0.4, -0.2) is 64.4 Å². The minimum Gasteiger partial charge on any atom is -0.504 e. The van der Waals surface area contributed by atoms with Crippen LogP contribution in [0.2, 0.25) is 0 Å². The average molecular weight is 809 g/mol. The molecule has 59 heavy (non-hydrogen) atoms. The molecule has 18 nitrogen and oxygen atoms in total. The molecule has 0 saturated carbocycles. The number of hydrogen-bond donors (Lipinski definition) is 8. The molecular weight excluding hydrogens is 780 g/mol. The Morgan fingerprint density at radius 3 is 2.03 bits per heavy atom. The van der Waals surface area contributed by atoms with Crippen LogP contribution in [0.3, 0.4) is 0 Å². The summed E-state index contributed by atoms with van der Waals surface area (Å²) in [4.78, 5) is 81.3. The molecule has 0 bridgehead atoms. The zero-order valence-electron chi connectivity index (χ0n) is 30.6. The molecule has 2 unspecified atom stereocenters. The molecule has 2 atom stereocenters. The summed E-state index contributed by atoms with van der Waals surface area (Å²) in [7, 11) is 0. The highest BCUT2D eigenvalue weighted by molar-refractivity contribution is 6.13. The minimum absolute atomic E-state index is 0.00927. The van der Waals surface area contributed by atoms with Crippen molar-refractivity contribution in [1.82, 2.24) is 0 Å². The Morgan fingerprint density at radius 2 is 1.37 bits per heavy atom. The molecule has 300 valence electrons. The molecule has 2 aliphatic heterocycles. The highest BCUT2D eigenvalue weighted by atomic mass is 16.5. The van der Waals surface area contributed by atoms with E-state index in [9.17, 15) is 69.6 Å². The number of fused-ring (bicyclic) bond motifs is 6. The quantitative estimate of drug-likeness (QED) is 0.0617. The van der Waals surface area contributed by atoms with Gasteiger partial charge in [-0.25, -0.2) is 9.59 Å². The molecule has 0 aliphatic carbocycles. The van der Waals surface area contributed by atoms with Crippen LogP contribution in [0, 0.1) is 19.8 Å². The van der Waals surface area contributed by atoms with Crippen LogP contribution in [0.1, 0.15) is 82.5 Å². The number of phenolic OH excluding ortho intramolecular Hbond substituents is 4. The lowest BCUT2D eigenvalue weighted by molar-refractivity contribution is 0.0611. The Bertz CT molecular complexity index is 3100. The number of phenols is 6. The molecule has 2 aliphatic rings. The summed E-state index contributed by atoms with van der Waals surface area (Å²) in [6, 6.07) is 4.98. The molecule has 0 amide bonds. The van der Waals surface area contributed by atoms with Crippen LogP contribution in [0.4, 0.5) is 0 Å². The van der Waals surface area contributed by atoms with Crippen molar-refractivity contribution in [1.29, 1.82) is 0 Å². The Hall–Kier alpha value is -8.02. The summed E-state index contributed by atoms with van der Waals surface area (Å²) in [5.41, 5.74) is -5.70. The molecule has 18 heteroatoms. The number of carbonyl (C=O) groups is 4. The van der Waals surface area contributed by atoms with E-state index in [1.807, 2.05) is 0 Å². The first-order valence-corrected chi connectivity index (χ1v) is 17.4. The smallest absolute Gasteiger partial charge is 0.340 e. The topological polar surface area (TPSA) is 309 Å². The van der Waals surface area contributed by atoms with Gasteiger partial charge in [0.25, 0.3) is 0 Å². The number of ether oxygens (including phenoxy) is 2. The van der Waals surface area contributed by atoms with Crippen LogP contribution in [0.15, 0.2) is 48.8 Å². The first-order chi connectivity index (χ1) is 27.8. The maximum absolute atomic E-state index is 14.8. The van der Waals surface area contributed by atoms with Crippen LogP contribution in [-0.2, 0) is 13.0 Å². The molecule has 0 fully saturated rings. The Balaban J connectivity index is 1.40. The van der Waals surface area contributed by atoms with Gasteiger partial charge in [-0.3, -0.25) is 19.2 Å². The molecule has 8 N–H and O–H groups in total. The van der Waals surface area contributed by atoms with E-state index in [-0.39, 0.29) is 62.8 Å². The van der Waals surface area contributed by atoms with Gasteiger partial charge in [-0.1, -0.05) is 0 Å². The largest absolute Gasteiger partial charge is 0.504 e. The molecule has 8 rings (SSSR count). The number of aromatic carboxylic acids is 2. The standard InChI is InChI=1S/C41H28O18/c1-11-14(4-18-34(49)29-26(59-39(18)27(11)12(2)42)9-23(46)36(51)31(29)41(54)55)37-17(33(48)28-25(58-37)8-22(45)35(50)30(28)40(52)53)5-15-13(3)57-38-16-6-20(43)21(44)7-24(16)56-10-19(38)32(15)47/h4,6-9,17,37,43-46,50-51H,5,10H2,1-3H3,(H,52,53)(H,54,55). The first-order valence-electron chi connectivity index (χ1n) is 17.4. The molecular formula is C41H28O18. The summed E-state index contributed by atoms with van der Waals surface area (Å²) < 4.78 is 23.9. The minimum atomic E-state index is -1.83. The van der Waals surface area contributed by atoms with Gasteiger partial charge in [-0.15, -0.1) is 0 Å². The summed E-state index contributed by atoms with van der Waals surface area (Å²) in [5, 5.41) is 80.8. The van der Waals surface area contributed by atoms with E-state index >= 15 is 0 Å². The molecule has 0 saturated heterocycles. The lowest BCUT2D eigenvalue weighted by atomic mass is 9.78. The second kappa shape index (κ2) is 13.0. The van der Waals surface area contributed by atoms with Crippen molar-refractivity contribution < 1.29 is 78.3 Å². The Morgan fingerprint density at radius 1 is 0.746 bits per heavy atom. The van der Waals surface area contributed by atoms with Gasteiger partial charge in [0.1, 0.15) is 58.0 Å². The lowest BCUT2D eigenvalue weighted by Gasteiger charge is -2.35. The molecule has 2 aromatic heterocycles. The number of ketones is 2. The summed E-state index contributed by atoms with van der Waals surface area (Å²) in [6.07, 6.45) is -2.20. The number of carboxylic acid groups (broad SMARTS) is 2. The van der Waals surface area contributed by atoms with Crippen LogP contribution in [0.5, 0.6) is 46.0 Å². The van der Waals surface area contributed by atoms with Crippen LogP contribution < -0.4 is 20.3 Å². The highest BCUT2D eigenvalue weighted by Gasteiger charge is 2.45. The van der Waals surface area contributed by atoms with Gasteiger partial charge in [0.05, 0.1) is 38.9 Å².